The first-order valence-electron chi connectivity index (χ1n) is 8.44. The summed E-state index contributed by atoms with van der Waals surface area (Å²) in [7, 11) is 2.17. The maximum absolute atomic E-state index is 2.44. The topological polar surface area (TPSA) is 6.48 Å². The van der Waals surface area contributed by atoms with E-state index in [9.17, 15) is 0 Å². The zero-order valence-corrected chi connectivity index (χ0v) is 14.4. The van der Waals surface area contributed by atoms with E-state index < -0.39 is 0 Å². The Morgan fingerprint density at radius 2 is 1.38 bits per heavy atom. The molecule has 0 aliphatic carbocycles. The number of fused-ring (bicyclic) bond motifs is 1. The Bertz CT molecular complexity index is 870. The number of hydrogen-bond donors (Lipinski definition) is 0. The molecule has 0 amide bonds. The monoisotopic (exact) mass is 314 g/mol. The second-order valence-electron chi connectivity index (χ2n) is 6.47. The van der Waals surface area contributed by atoms with Gasteiger partial charge in [0.15, 0.2) is 0 Å². The molecule has 1 atom stereocenters. The van der Waals surface area contributed by atoms with Crippen LogP contribution in [0.3, 0.4) is 0 Å². The molecule has 0 bridgehead atoms. The highest BCUT2D eigenvalue weighted by Gasteiger charge is 2.31. The van der Waals surface area contributed by atoms with Crippen LogP contribution in [0.1, 0.15) is 12.5 Å². The van der Waals surface area contributed by atoms with Crippen LogP contribution in [0, 0.1) is 6.92 Å². The Kier molecular flexibility index (Phi) is 3.53. The van der Waals surface area contributed by atoms with E-state index in [1.165, 1.54) is 33.8 Å². The van der Waals surface area contributed by atoms with Crippen molar-refractivity contribution in [1.29, 1.82) is 0 Å². The van der Waals surface area contributed by atoms with Crippen LogP contribution in [0.15, 0.2) is 72.8 Å². The van der Waals surface area contributed by atoms with Gasteiger partial charge in [0, 0.05) is 12.7 Å². The lowest BCUT2D eigenvalue weighted by Gasteiger charge is -2.29. The third kappa shape index (κ3) is 2.26. The van der Waals surface area contributed by atoms with E-state index in [-0.39, 0.29) is 0 Å². The highest BCUT2D eigenvalue weighted by atomic mass is 15.4. The molecule has 24 heavy (non-hydrogen) atoms. The Morgan fingerprint density at radius 3 is 2.12 bits per heavy atom. The van der Waals surface area contributed by atoms with Gasteiger partial charge in [-0.05, 0) is 48.7 Å². The summed E-state index contributed by atoms with van der Waals surface area (Å²) in [4.78, 5) is 4.78. The predicted octanol–water partition coefficient (Wildman–Crippen LogP) is 5.60. The van der Waals surface area contributed by atoms with Crippen molar-refractivity contribution in [2.45, 2.75) is 20.0 Å². The quantitative estimate of drug-likeness (QED) is 0.608. The molecule has 0 N–H and O–H groups in total. The number of benzene rings is 3. The van der Waals surface area contributed by atoms with Gasteiger partial charge in [-0.15, -0.1) is 0 Å². The average molecular weight is 314 g/mol. The molecule has 3 aromatic carbocycles. The molecule has 1 heterocycles. The van der Waals surface area contributed by atoms with Gasteiger partial charge in [-0.1, -0.05) is 54.6 Å². The minimum absolute atomic E-state index is 0.298. The van der Waals surface area contributed by atoms with Crippen LogP contribution in [0.5, 0.6) is 0 Å². The molecule has 0 saturated carbocycles. The summed E-state index contributed by atoms with van der Waals surface area (Å²) in [5, 5.41) is 0. The van der Waals surface area contributed by atoms with E-state index in [1.807, 2.05) is 0 Å². The lowest BCUT2D eigenvalue weighted by molar-refractivity contribution is 0.733. The number of anilines is 3. The molecule has 1 aliphatic heterocycles. The molecular weight excluding hydrogens is 292 g/mol. The van der Waals surface area contributed by atoms with E-state index in [0.717, 1.165) is 0 Å². The summed E-state index contributed by atoms with van der Waals surface area (Å²) in [6.07, 6.45) is 0.298. The van der Waals surface area contributed by atoms with Crippen molar-refractivity contribution in [3.8, 4) is 11.1 Å². The third-order valence-electron chi connectivity index (χ3n) is 5.03. The van der Waals surface area contributed by atoms with Crippen LogP contribution in [0.4, 0.5) is 17.1 Å². The van der Waals surface area contributed by atoms with Crippen LogP contribution in [-0.4, -0.2) is 13.2 Å². The molecule has 0 saturated heterocycles. The molecule has 2 heteroatoms. The second kappa shape index (κ2) is 5.72. The summed E-state index contributed by atoms with van der Waals surface area (Å²) >= 11 is 0. The molecule has 120 valence electrons. The van der Waals surface area contributed by atoms with Crippen molar-refractivity contribution in [3.05, 3.63) is 78.4 Å². The van der Waals surface area contributed by atoms with Crippen molar-refractivity contribution in [3.63, 3.8) is 0 Å². The lowest BCUT2D eigenvalue weighted by Crippen LogP contribution is -2.35. The fraction of sp³-hybridized carbons (Fsp3) is 0.182. The highest BCUT2D eigenvalue weighted by molar-refractivity contribution is 5.85. The maximum Gasteiger partial charge on any atom is 0.103 e. The Morgan fingerprint density at radius 1 is 0.708 bits per heavy atom. The predicted molar refractivity (Wildman–Crippen MR) is 103 cm³/mol. The van der Waals surface area contributed by atoms with E-state index in [1.54, 1.807) is 0 Å². The van der Waals surface area contributed by atoms with Crippen molar-refractivity contribution in [1.82, 2.24) is 0 Å². The molecule has 1 aliphatic rings. The van der Waals surface area contributed by atoms with Gasteiger partial charge in [-0.2, -0.15) is 0 Å². The number of rotatable bonds is 2. The maximum atomic E-state index is 2.44. The second-order valence-corrected chi connectivity index (χ2v) is 6.47. The summed E-state index contributed by atoms with van der Waals surface area (Å²) in [6.45, 7) is 4.45. The zero-order chi connectivity index (χ0) is 16.7. The SMILES string of the molecule is Cc1ccc(-c2ccccc2)cc1N1c2ccccc2N(C)C1C. The minimum Gasteiger partial charge on any atom is -0.353 e. The number of nitrogens with zero attached hydrogens (tertiary/aromatic N) is 2. The minimum atomic E-state index is 0.298. The molecule has 0 fully saturated rings. The van der Waals surface area contributed by atoms with Gasteiger partial charge >= 0.3 is 0 Å². The van der Waals surface area contributed by atoms with Crippen LogP contribution in [0.2, 0.25) is 0 Å². The zero-order valence-electron chi connectivity index (χ0n) is 14.4. The fourth-order valence-electron chi connectivity index (χ4n) is 3.55. The lowest BCUT2D eigenvalue weighted by atomic mass is 10.0. The smallest absolute Gasteiger partial charge is 0.103 e. The normalized spacial score (nSPS) is 16.4. The average Bonchev–Trinajstić information content (AvgIpc) is 2.88. The van der Waals surface area contributed by atoms with E-state index in [0.29, 0.717) is 6.17 Å². The van der Waals surface area contributed by atoms with E-state index in [4.69, 9.17) is 0 Å². The van der Waals surface area contributed by atoms with Crippen LogP contribution < -0.4 is 9.80 Å². The number of aryl methyl sites for hydroxylation is 1. The molecule has 0 radical (unpaired) electrons. The van der Waals surface area contributed by atoms with Crippen molar-refractivity contribution in [2.24, 2.45) is 0 Å². The van der Waals surface area contributed by atoms with Crippen LogP contribution >= 0.6 is 0 Å². The first-order chi connectivity index (χ1) is 11.7. The molecule has 4 rings (SSSR count). The standard InChI is InChI=1S/C22H22N2/c1-16-13-14-19(18-9-5-4-6-10-18)15-22(16)24-17(2)23(3)20-11-7-8-12-21(20)24/h4-15,17H,1-3H3. The third-order valence-corrected chi connectivity index (χ3v) is 5.03. The van der Waals surface area contributed by atoms with Gasteiger partial charge in [0.25, 0.3) is 0 Å². The molecular formula is C22H22N2. The summed E-state index contributed by atoms with van der Waals surface area (Å²) in [6, 6.07) is 26.0. The molecule has 3 aromatic rings. The van der Waals surface area contributed by atoms with Gasteiger partial charge in [0.2, 0.25) is 0 Å². The summed E-state index contributed by atoms with van der Waals surface area (Å²) < 4.78 is 0. The van der Waals surface area contributed by atoms with Gasteiger partial charge in [0.1, 0.15) is 6.17 Å². The van der Waals surface area contributed by atoms with Gasteiger partial charge in [-0.3, -0.25) is 0 Å². The molecule has 2 nitrogen and oxygen atoms in total. The Balaban J connectivity index is 1.85. The number of para-hydroxylation sites is 2. The van der Waals surface area contributed by atoms with Gasteiger partial charge < -0.3 is 9.80 Å². The van der Waals surface area contributed by atoms with Crippen molar-refractivity contribution in [2.75, 3.05) is 16.8 Å². The van der Waals surface area contributed by atoms with Crippen molar-refractivity contribution >= 4 is 17.1 Å². The Hall–Kier alpha value is -2.74. The van der Waals surface area contributed by atoms with Crippen LogP contribution in [0.25, 0.3) is 11.1 Å². The van der Waals surface area contributed by atoms with E-state index >= 15 is 0 Å². The Labute approximate surface area is 144 Å². The largest absolute Gasteiger partial charge is 0.353 e. The first kappa shape index (κ1) is 14.8. The van der Waals surface area contributed by atoms with Gasteiger partial charge in [0.05, 0.1) is 11.4 Å². The summed E-state index contributed by atoms with van der Waals surface area (Å²) in [5.74, 6) is 0. The first-order valence-corrected chi connectivity index (χ1v) is 8.44. The summed E-state index contributed by atoms with van der Waals surface area (Å²) in [5.41, 5.74) is 7.66. The highest BCUT2D eigenvalue weighted by Crippen LogP contribution is 2.44. The van der Waals surface area contributed by atoms with E-state index in [2.05, 4.69) is 103 Å². The van der Waals surface area contributed by atoms with Crippen LogP contribution in [-0.2, 0) is 0 Å². The van der Waals surface area contributed by atoms with Crippen molar-refractivity contribution < 1.29 is 0 Å². The fourth-order valence-corrected chi connectivity index (χ4v) is 3.55. The molecule has 0 aromatic heterocycles. The van der Waals surface area contributed by atoms with Gasteiger partial charge in [-0.25, -0.2) is 0 Å². The molecule has 0 spiro atoms. The molecule has 1 unspecified atom stereocenters. The number of hydrogen-bond acceptors (Lipinski definition) is 2.